The molecule has 7 heteroatoms. The molecule has 0 unspecified atom stereocenters. The molecule has 0 aromatic carbocycles. The van der Waals surface area contributed by atoms with Gasteiger partial charge >= 0.3 is 0 Å². The average Bonchev–Trinajstić information content (AvgIpc) is 2.42. The first-order valence-electron chi connectivity index (χ1n) is 6.79. The van der Waals surface area contributed by atoms with Crippen LogP contribution in [-0.2, 0) is 11.8 Å². The van der Waals surface area contributed by atoms with E-state index in [0.29, 0.717) is 18.9 Å². The van der Waals surface area contributed by atoms with Gasteiger partial charge in [0.2, 0.25) is 5.91 Å². The van der Waals surface area contributed by atoms with E-state index < -0.39 is 0 Å². The summed E-state index contributed by atoms with van der Waals surface area (Å²) in [6, 6.07) is 1.53. The molecule has 0 radical (unpaired) electrons. The van der Waals surface area contributed by atoms with Gasteiger partial charge < -0.3 is 14.4 Å². The van der Waals surface area contributed by atoms with Gasteiger partial charge in [-0.2, -0.15) is 11.8 Å². The second-order valence-corrected chi connectivity index (χ2v) is 6.46. The zero-order chi connectivity index (χ0) is 14.1. The Labute approximate surface area is 121 Å². The number of anilines is 1. The highest BCUT2D eigenvalue weighted by Gasteiger charge is 2.36. The highest BCUT2D eigenvalue weighted by atomic mass is 32.2. The molecule has 1 aromatic rings. The Bertz CT molecular complexity index is 562. The smallest absolute Gasteiger partial charge is 0.255 e. The summed E-state index contributed by atoms with van der Waals surface area (Å²) in [4.78, 5) is 32.0. The quantitative estimate of drug-likeness (QED) is 0.755. The molecule has 0 atom stereocenters. The number of carbonyl (C=O) groups excluding carboxylic acids is 1. The van der Waals surface area contributed by atoms with Gasteiger partial charge in [-0.3, -0.25) is 9.59 Å². The third kappa shape index (κ3) is 2.54. The third-order valence-corrected chi connectivity index (χ3v) is 4.78. The Morgan fingerprint density at radius 3 is 2.70 bits per heavy atom. The number of thioether (sulfide) groups is 1. The number of amides is 1. The standard InChI is InChI=1S/C13H18N4O2S/c1-15-9-14-11(6-12(15)18)17-7-10(8-17)13(19)16-2-4-20-5-3-16/h6,9-10H,2-5,7-8H2,1H3. The molecule has 1 aromatic heterocycles. The maximum Gasteiger partial charge on any atom is 0.255 e. The first-order chi connectivity index (χ1) is 9.65. The van der Waals surface area contributed by atoms with E-state index in [2.05, 4.69) is 4.98 Å². The fourth-order valence-corrected chi connectivity index (χ4v) is 3.39. The summed E-state index contributed by atoms with van der Waals surface area (Å²) in [5.74, 6) is 3.07. The predicted molar refractivity (Wildman–Crippen MR) is 79.1 cm³/mol. The molecule has 2 saturated heterocycles. The van der Waals surface area contributed by atoms with Crippen molar-refractivity contribution in [3.05, 3.63) is 22.7 Å². The molecule has 1 amide bonds. The molecule has 0 bridgehead atoms. The molecule has 2 fully saturated rings. The van der Waals surface area contributed by atoms with Crippen molar-refractivity contribution in [1.82, 2.24) is 14.5 Å². The van der Waals surface area contributed by atoms with Crippen molar-refractivity contribution in [2.45, 2.75) is 0 Å². The molecule has 0 saturated carbocycles. The molecular formula is C13H18N4O2S. The minimum Gasteiger partial charge on any atom is -0.355 e. The third-order valence-electron chi connectivity index (χ3n) is 3.84. The SMILES string of the molecule is Cn1cnc(N2CC(C(=O)N3CCSCC3)C2)cc1=O. The van der Waals surface area contributed by atoms with Gasteiger partial charge in [-0.25, -0.2) is 4.98 Å². The van der Waals surface area contributed by atoms with Gasteiger partial charge in [-0.1, -0.05) is 0 Å². The van der Waals surface area contributed by atoms with Crippen LogP contribution in [0.25, 0.3) is 0 Å². The van der Waals surface area contributed by atoms with Crippen LogP contribution in [0.1, 0.15) is 0 Å². The van der Waals surface area contributed by atoms with Crippen molar-refractivity contribution in [1.29, 1.82) is 0 Å². The van der Waals surface area contributed by atoms with Crippen LogP contribution in [0.5, 0.6) is 0 Å². The van der Waals surface area contributed by atoms with Gasteiger partial charge in [0.25, 0.3) is 5.56 Å². The van der Waals surface area contributed by atoms with E-state index >= 15 is 0 Å². The zero-order valence-corrected chi connectivity index (χ0v) is 12.3. The minimum absolute atomic E-state index is 0.0592. The van der Waals surface area contributed by atoms with Gasteiger partial charge in [0, 0.05) is 50.8 Å². The Balaban J connectivity index is 1.59. The Kier molecular flexibility index (Phi) is 3.69. The summed E-state index contributed by atoms with van der Waals surface area (Å²) in [5.41, 5.74) is -0.0715. The lowest BCUT2D eigenvalue weighted by atomic mass is 9.98. The summed E-state index contributed by atoms with van der Waals surface area (Å²) in [6.45, 7) is 3.07. The van der Waals surface area contributed by atoms with Crippen LogP contribution in [0.4, 0.5) is 5.82 Å². The highest BCUT2D eigenvalue weighted by molar-refractivity contribution is 7.99. The van der Waals surface area contributed by atoms with Gasteiger partial charge in [0.05, 0.1) is 12.2 Å². The fraction of sp³-hybridized carbons (Fsp3) is 0.615. The maximum atomic E-state index is 12.3. The summed E-state index contributed by atoms with van der Waals surface area (Å²) < 4.78 is 1.44. The molecule has 0 N–H and O–H groups in total. The fourth-order valence-electron chi connectivity index (χ4n) is 2.49. The molecule has 3 rings (SSSR count). The summed E-state index contributed by atoms with van der Waals surface area (Å²) in [5, 5.41) is 0. The van der Waals surface area contributed by atoms with E-state index in [0.717, 1.165) is 24.6 Å². The average molecular weight is 294 g/mol. The van der Waals surface area contributed by atoms with Crippen LogP contribution >= 0.6 is 11.8 Å². The van der Waals surface area contributed by atoms with Crippen molar-refractivity contribution < 1.29 is 4.79 Å². The lowest BCUT2D eigenvalue weighted by molar-refractivity contribution is -0.135. The van der Waals surface area contributed by atoms with Crippen LogP contribution in [0, 0.1) is 5.92 Å². The molecule has 2 aliphatic heterocycles. The lowest BCUT2D eigenvalue weighted by Gasteiger charge is -2.41. The van der Waals surface area contributed by atoms with Gasteiger partial charge in [0.1, 0.15) is 5.82 Å². The first kappa shape index (κ1) is 13.5. The lowest BCUT2D eigenvalue weighted by Crippen LogP contribution is -2.56. The number of carbonyl (C=O) groups is 1. The number of nitrogens with zero attached hydrogens (tertiary/aromatic N) is 4. The van der Waals surface area contributed by atoms with Crippen LogP contribution in [0.15, 0.2) is 17.2 Å². The Morgan fingerprint density at radius 2 is 2.05 bits per heavy atom. The van der Waals surface area contributed by atoms with Gasteiger partial charge in [-0.05, 0) is 0 Å². The number of aromatic nitrogens is 2. The molecule has 20 heavy (non-hydrogen) atoms. The molecule has 0 spiro atoms. The molecule has 108 valence electrons. The first-order valence-corrected chi connectivity index (χ1v) is 7.95. The van der Waals surface area contributed by atoms with E-state index in [1.165, 1.54) is 17.0 Å². The zero-order valence-electron chi connectivity index (χ0n) is 11.5. The van der Waals surface area contributed by atoms with E-state index in [1.54, 1.807) is 7.05 Å². The van der Waals surface area contributed by atoms with Crippen molar-refractivity contribution in [3.63, 3.8) is 0 Å². The number of rotatable bonds is 2. The van der Waals surface area contributed by atoms with E-state index in [1.807, 2.05) is 21.6 Å². The van der Waals surface area contributed by atoms with Gasteiger partial charge in [0.15, 0.2) is 0 Å². The molecule has 3 heterocycles. The topological polar surface area (TPSA) is 58.4 Å². The summed E-state index contributed by atoms with van der Waals surface area (Å²) >= 11 is 1.90. The summed E-state index contributed by atoms with van der Waals surface area (Å²) in [7, 11) is 1.68. The second kappa shape index (κ2) is 5.47. The largest absolute Gasteiger partial charge is 0.355 e. The number of hydrogen-bond acceptors (Lipinski definition) is 5. The van der Waals surface area contributed by atoms with Crippen molar-refractivity contribution in [2.24, 2.45) is 13.0 Å². The summed E-state index contributed by atoms with van der Waals surface area (Å²) in [6.07, 6.45) is 1.52. The Morgan fingerprint density at radius 1 is 1.35 bits per heavy atom. The van der Waals surface area contributed by atoms with Crippen LogP contribution in [0.3, 0.4) is 0 Å². The highest BCUT2D eigenvalue weighted by Crippen LogP contribution is 2.24. The minimum atomic E-state index is -0.0715. The van der Waals surface area contributed by atoms with Crippen LogP contribution in [-0.4, -0.2) is 58.0 Å². The predicted octanol–water partition coefficient (Wildman–Crippen LogP) is -0.208. The molecule has 2 aliphatic rings. The normalized spacial score (nSPS) is 19.9. The van der Waals surface area contributed by atoms with Crippen LogP contribution < -0.4 is 10.5 Å². The molecular weight excluding hydrogens is 276 g/mol. The second-order valence-electron chi connectivity index (χ2n) is 5.24. The molecule has 0 aliphatic carbocycles. The number of aryl methyl sites for hydroxylation is 1. The van der Waals surface area contributed by atoms with Crippen molar-refractivity contribution in [2.75, 3.05) is 42.6 Å². The number of hydrogen-bond donors (Lipinski definition) is 0. The van der Waals surface area contributed by atoms with E-state index in [-0.39, 0.29) is 17.4 Å². The van der Waals surface area contributed by atoms with Crippen LogP contribution in [0.2, 0.25) is 0 Å². The molecule has 6 nitrogen and oxygen atoms in total. The van der Waals surface area contributed by atoms with Gasteiger partial charge in [-0.15, -0.1) is 0 Å². The van der Waals surface area contributed by atoms with E-state index in [9.17, 15) is 9.59 Å². The van der Waals surface area contributed by atoms with Crippen molar-refractivity contribution >= 4 is 23.5 Å². The van der Waals surface area contributed by atoms with Crippen molar-refractivity contribution in [3.8, 4) is 0 Å². The Hall–Kier alpha value is -1.50. The van der Waals surface area contributed by atoms with E-state index in [4.69, 9.17) is 0 Å². The maximum absolute atomic E-state index is 12.3. The monoisotopic (exact) mass is 294 g/mol.